The smallest absolute Gasteiger partial charge is 0.270 e. The monoisotopic (exact) mass is 339 g/mol. The highest BCUT2D eigenvalue weighted by atomic mass is 32.1. The fourth-order valence-corrected chi connectivity index (χ4v) is 3.24. The number of nitrogens with one attached hydrogen (secondary N) is 2. The van der Waals surface area contributed by atoms with Crippen LogP contribution in [0.25, 0.3) is 10.1 Å². The van der Waals surface area contributed by atoms with Crippen LogP contribution >= 0.6 is 11.3 Å². The maximum absolute atomic E-state index is 12.5. The van der Waals surface area contributed by atoms with E-state index in [1.807, 2.05) is 41.8 Å². The van der Waals surface area contributed by atoms with Gasteiger partial charge in [-0.05, 0) is 23.1 Å². The van der Waals surface area contributed by atoms with Crippen molar-refractivity contribution in [2.45, 2.75) is 12.5 Å². The summed E-state index contributed by atoms with van der Waals surface area (Å²) in [4.78, 5) is 28.8. The largest absolute Gasteiger partial charge is 0.357 e. The number of rotatable bonds is 5. The molecule has 0 aliphatic heterocycles. The summed E-state index contributed by atoms with van der Waals surface area (Å²) in [6, 6.07) is 12.6. The minimum Gasteiger partial charge on any atom is -0.357 e. The van der Waals surface area contributed by atoms with Crippen LogP contribution in [-0.4, -0.2) is 29.9 Å². The predicted octanol–water partition coefficient (Wildman–Crippen LogP) is 2.38. The van der Waals surface area contributed by atoms with E-state index in [4.69, 9.17) is 0 Å². The number of amides is 2. The van der Waals surface area contributed by atoms with Crippen molar-refractivity contribution < 1.29 is 9.59 Å². The van der Waals surface area contributed by atoms with E-state index < -0.39 is 6.04 Å². The van der Waals surface area contributed by atoms with Crippen molar-refractivity contribution in [3.63, 3.8) is 0 Å². The number of hydrogen-bond acceptors (Lipinski definition) is 4. The molecule has 1 aromatic carbocycles. The van der Waals surface area contributed by atoms with Crippen LogP contribution in [0.4, 0.5) is 0 Å². The second-order valence-electron chi connectivity index (χ2n) is 5.36. The van der Waals surface area contributed by atoms with Gasteiger partial charge in [-0.15, -0.1) is 11.3 Å². The molecule has 1 atom stereocenters. The van der Waals surface area contributed by atoms with E-state index in [0.717, 1.165) is 15.6 Å². The van der Waals surface area contributed by atoms with Gasteiger partial charge in [-0.3, -0.25) is 14.6 Å². The number of pyridine rings is 1. The Kier molecular flexibility index (Phi) is 4.86. The first-order valence-corrected chi connectivity index (χ1v) is 8.45. The molecule has 0 saturated carbocycles. The number of aromatic nitrogens is 1. The Balaban J connectivity index is 1.78. The second kappa shape index (κ2) is 7.23. The lowest BCUT2D eigenvalue weighted by atomic mass is 10.1. The van der Waals surface area contributed by atoms with Crippen molar-refractivity contribution >= 4 is 33.2 Å². The summed E-state index contributed by atoms with van der Waals surface area (Å²) in [6.07, 6.45) is 2.10. The molecule has 0 spiro atoms. The third kappa shape index (κ3) is 3.60. The lowest BCUT2D eigenvalue weighted by Crippen LogP contribution is -2.47. The average molecular weight is 339 g/mol. The molecule has 0 fully saturated rings. The number of hydrogen-bond donors (Lipinski definition) is 2. The number of benzene rings is 1. The van der Waals surface area contributed by atoms with Crippen molar-refractivity contribution in [1.82, 2.24) is 15.6 Å². The SMILES string of the molecule is CNC(=O)C(Cc1ccccc1)NC(=O)c1cc2sccc2cn1. The van der Waals surface area contributed by atoms with Crippen LogP contribution in [0.3, 0.4) is 0 Å². The van der Waals surface area contributed by atoms with E-state index in [0.29, 0.717) is 12.1 Å². The molecule has 2 amide bonds. The van der Waals surface area contributed by atoms with Crippen LogP contribution in [0, 0.1) is 0 Å². The lowest BCUT2D eigenvalue weighted by Gasteiger charge is -2.17. The van der Waals surface area contributed by atoms with Gasteiger partial charge >= 0.3 is 0 Å². The second-order valence-corrected chi connectivity index (χ2v) is 6.31. The maximum Gasteiger partial charge on any atom is 0.270 e. The number of carbonyl (C=O) groups excluding carboxylic acids is 2. The zero-order valence-electron chi connectivity index (χ0n) is 13.2. The molecule has 0 saturated heterocycles. The minimum absolute atomic E-state index is 0.232. The highest BCUT2D eigenvalue weighted by Crippen LogP contribution is 2.20. The normalized spacial score (nSPS) is 11.9. The van der Waals surface area contributed by atoms with Crippen LogP contribution in [0.5, 0.6) is 0 Å². The average Bonchev–Trinajstić information content (AvgIpc) is 3.09. The van der Waals surface area contributed by atoms with Gasteiger partial charge in [0.15, 0.2) is 0 Å². The summed E-state index contributed by atoms with van der Waals surface area (Å²) in [5, 5.41) is 8.33. The molecule has 1 unspecified atom stereocenters. The molecular weight excluding hydrogens is 322 g/mol. The molecule has 2 aromatic heterocycles. The van der Waals surface area contributed by atoms with E-state index in [-0.39, 0.29) is 11.8 Å². The summed E-state index contributed by atoms with van der Waals surface area (Å²) in [7, 11) is 1.56. The first-order chi connectivity index (χ1) is 11.7. The van der Waals surface area contributed by atoms with Crippen LogP contribution in [0.1, 0.15) is 16.1 Å². The molecule has 3 rings (SSSR count). The first kappa shape index (κ1) is 16.1. The van der Waals surface area contributed by atoms with Crippen molar-refractivity contribution in [3.05, 3.63) is 65.3 Å². The molecule has 2 heterocycles. The quantitative estimate of drug-likeness (QED) is 0.750. The van der Waals surface area contributed by atoms with Crippen molar-refractivity contribution in [1.29, 1.82) is 0 Å². The third-order valence-electron chi connectivity index (χ3n) is 3.72. The predicted molar refractivity (Wildman–Crippen MR) is 95.1 cm³/mol. The van der Waals surface area contributed by atoms with Gasteiger partial charge in [-0.25, -0.2) is 0 Å². The number of fused-ring (bicyclic) bond motifs is 1. The molecule has 3 aromatic rings. The van der Waals surface area contributed by atoms with Crippen LogP contribution in [-0.2, 0) is 11.2 Å². The number of thiophene rings is 1. The van der Waals surface area contributed by atoms with Gasteiger partial charge in [0.2, 0.25) is 5.91 Å². The Morgan fingerprint density at radius 2 is 2.00 bits per heavy atom. The Morgan fingerprint density at radius 3 is 2.75 bits per heavy atom. The Morgan fingerprint density at radius 1 is 1.21 bits per heavy atom. The minimum atomic E-state index is -0.647. The van der Waals surface area contributed by atoms with E-state index >= 15 is 0 Å². The van der Waals surface area contributed by atoms with E-state index in [1.165, 1.54) is 0 Å². The highest BCUT2D eigenvalue weighted by Gasteiger charge is 2.21. The van der Waals surface area contributed by atoms with E-state index in [2.05, 4.69) is 15.6 Å². The zero-order chi connectivity index (χ0) is 16.9. The van der Waals surface area contributed by atoms with Crippen LogP contribution in [0.2, 0.25) is 0 Å². The molecule has 24 heavy (non-hydrogen) atoms. The van der Waals surface area contributed by atoms with Gasteiger partial charge in [0.1, 0.15) is 11.7 Å². The lowest BCUT2D eigenvalue weighted by molar-refractivity contribution is -0.122. The van der Waals surface area contributed by atoms with E-state index in [9.17, 15) is 9.59 Å². The van der Waals surface area contributed by atoms with E-state index in [1.54, 1.807) is 30.6 Å². The zero-order valence-corrected chi connectivity index (χ0v) is 14.0. The van der Waals surface area contributed by atoms with Crippen molar-refractivity contribution in [2.24, 2.45) is 0 Å². The summed E-state index contributed by atoms with van der Waals surface area (Å²) < 4.78 is 0.995. The first-order valence-electron chi connectivity index (χ1n) is 7.57. The summed E-state index contributed by atoms with van der Waals surface area (Å²) >= 11 is 1.55. The maximum atomic E-state index is 12.5. The Labute approximate surface area is 143 Å². The van der Waals surface area contributed by atoms with Gasteiger partial charge in [0.05, 0.1) is 0 Å². The molecule has 0 aliphatic carbocycles. The van der Waals surface area contributed by atoms with Crippen molar-refractivity contribution in [2.75, 3.05) is 7.05 Å². The van der Waals surface area contributed by atoms with Crippen LogP contribution in [0.15, 0.2) is 54.0 Å². The van der Waals surface area contributed by atoms with Gasteiger partial charge in [-0.2, -0.15) is 0 Å². The molecule has 5 nitrogen and oxygen atoms in total. The Hall–Kier alpha value is -2.73. The van der Waals surface area contributed by atoms with Gasteiger partial charge < -0.3 is 10.6 Å². The number of nitrogens with zero attached hydrogens (tertiary/aromatic N) is 1. The molecule has 2 N–H and O–H groups in total. The molecular formula is C18H17N3O2S. The van der Waals surface area contributed by atoms with Gasteiger partial charge in [-0.1, -0.05) is 30.3 Å². The van der Waals surface area contributed by atoms with Crippen molar-refractivity contribution in [3.8, 4) is 0 Å². The molecule has 6 heteroatoms. The summed E-state index contributed by atoms with van der Waals surface area (Å²) in [5.74, 6) is -0.584. The molecule has 122 valence electrons. The Bertz CT molecular complexity index is 861. The summed E-state index contributed by atoms with van der Waals surface area (Å²) in [5.41, 5.74) is 1.29. The molecule has 0 radical (unpaired) electrons. The molecule has 0 aliphatic rings. The fourth-order valence-electron chi connectivity index (χ4n) is 2.45. The summed E-state index contributed by atoms with van der Waals surface area (Å²) in [6.45, 7) is 0. The van der Waals surface area contributed by atoms with Gasteiger partial charge in [0, 0.05) is 29.8 Å². The van der Waals surface area contributed by atoms with Gasteiger partial charge in [0.25, 0.3) is 5.91 Å². The fraction of sp³-hybridized carbons (Fsp3) is 0.167. The third-order valence-corrected chi connectivity index (χ3v) is 4.60. The standard InChI is InChI=1S/C18H17N3O2S/c1-19-17(22)15(9-12-5-3-2-4-6-12)21-18(23)14-10-16-13(11-20-14)7-8-24-16/h2-8,10-11,15H,9H2,1H3,(H,19,22)(H,21,23). The van der Waals surface area contributed by atoms with Crippen LogP contribution < -0.4 is 10.6 Å². The topological polar surface area (TPSA) is 71.1 Å². The molecule has 0 bridgehead atoms. The number of likely N-dealkylation sites (N-methyl/N-ethyl adjacent to an activating group) is 1. The highest BCUT2D eigenvalue weighted by molar-refractivity contribution is 7.17. The number of carbonyl (C=O) groups is 2.